The predicted molar refractivity (Wildman–Crippen MR) is 278 cm³/mol. The molecule has 0 aliphatic rings. The Morgan fingerprint density at radius 3 is 1.56 bits per heavy atom. The first-order valence-corrected chi connectivity index (χ1v) is 22.5. The minimum atomic E-state index is -0.278. The van der Waals surface area contributed by atoms with Gasteiger partial charge < -0.3 is 9.13 Å². The molecule has 13 rings (SSSR count). The zero-order valence-corrected chi connectivity index (χ0v) is 36.4. The van der Waals surface area contributed by atoms with Gasteiger partial charge in [0.1, 0.15) is 6.07 Å². The van der Waals surface area contributed by atoms with Crippen LogP contribution in [0.4, 0.5) is 0 Å². The van der Waals surface area contributed by atoms with Crippen LogP contribution in [0.5, 0.6) is 0 Å². The Labute approximate surface area is 396 Å². The molecular formula is C62H38N6. The van der Waals surface area contributed by atoms with E-state index in [1.165, 1.54) is 0 Å². The number of fused-ring (bicyclic) bond motifs is 8. The number of hydrogen-bond acceptors (Lipinski definition) is 4. The number of para-hydroxylation sites is 2. The summed E-state index contributed by atoms with van der Waals surface area (Å²) in [5, 5.41) is 17.3. The predicted octanol–water partition coefficient (Wildman–Crippen LogP) is 15.4. The van der Waals surface area contributed by atoms with Crippen molar-refractivity contribution in [2.75, 3.05) is 0 Å². The van der Waals surface area contributed by atoms with E-state index in [4.69, 9.17) is 15.0 Å². The maximum atomic E-state index is 11.3. The highest BCUT2D eigenvalue weighted by atomic mass is 15.0. The fourth-order valence-electron chi connectivity index (χ4n) is 9.85. The van der Waals surface area contributed by atoms with Crippen LogP contribution < -0.4 is 0 Å². The van der Waals surface area contributed by atoms with Gasteiger partial charge in [-0.05, 0) is 82.2 Å². The molecule has 0 N–H and O–H groups in total. The van der Waals surface area contributed by atoms with E-state index in [0.717, 1.165) is 82.3 Å². The number of aromatic nitrogens is 5. The van der Waals surface area contributed by atoms with Crippen molar-refractivity contribution in [3.8, 4) is 73.9 Å². The van der Waals surface area contributed by atoms with Crippen LogP contribution in [0.15, 0.2) is 230 Å². The van der Waals surface area contributed by atoms with Crippen LogP contribution in [0.3, 0.4) is 0 Å². The molecule has 0 atom stereocenters. The van der Waals surface area contributed by atoms with Gasteiger partial charge in [-0.1, -0.05) is 176 Å². The molecule has 3 aromatic heterocycles. The fourth-order valence-corrected chi connectivity index (χ4v) is 9.85. The molecule has 0 bridgehead atoms. The second-order valence-electron chi connectivity index (χ2n) is 16.8. The Morgan fingerprint density at radius 1 is 0.382 bits per heavy atom. The summed E-state index contributed by atoms with van der Waals surface area (Å²) in [4.78, 5) is 15.1. The third-order valence-corrected chi connectivity index (χ3v) is 12.9. The van der Waals surface area contributed by atoms with Crippen molar-refractivity contribution in [1.82, 2.24) is 24.1 Å². The first kappa shape index (κ1) is 35.9. The molecule has 0 saturated carbocycles. The zero-order valence-electron chi connectivity index (χ0n) is 39.4. The number of nitrogens with zero attached hydrogens (tertiary/aromatic N) is 6. The average molecular weight is 870 g/mol. The van der Waals surface area contributed by atoms with Crippen LogP contribution in [0.25, 0.3) is 122 Å². The molecule has 13 aromatic rings. The van der Waals surface area contributed by atoms with E-state index in [1.807, 2.05) is 156 Å². The number of nitriles is 1. The maximum absolute atomic E-state index is 11.3. The third kappa shape index (κ3) is 6.37. The summed E-state index contributed by atoms with van der Waals surface area (Å²) in [5.74, 6) is 0.677. The van der Waals surface area contributed by atoms with Gasteiger partial charge >= 0.3 is 0 Å². The summed E-state index contributed by atoms with van der Waals surface area (Å²) in [5.41, 5.74) is 9.90. The lowest BCUT2D eigenvalue weighted by Gasteiger charge is -2.14. The van der Waals surface area contributed by atoms with E-state index < -0.39 is 0 Å². The smallest absolute Gasteiger partial charge is 0.164 e. The Bertz CT molecular complexity index is 4240. The molecule has 0 amide bonds. The molecule has 6 heteroatoms. The van der Waals surface area contributed by atoms with Gasteiger partial charge in [-0.15, -0.1) is 0 Å². The molecule has 6 nitrogen and oxygen atoms in total. The molecule has 0 aliphatic carbocycles. The van der Waals surface area contributed by atoms with Gasteiger partial charge in [0.25, 0.3) is 0 Å². The highest BCUT2D eigenvalue weighted by Gasteiger charge is 2.23. The van der Waals surface area contributed by atoms with Crippen molar-refractivity contribution in [3.63, 3.8) is 0 Å². The highest BCUT2D eigenvalue weighted by molar-refractivity contribution is 6.26. The minimum absolute atomic E-state index is 0.0227. The number of benzene rings is 10. The van der Waals surface area contributed by atoms with E-state index >= 15 is 0 Å². The molecule has 0 aliphatic heterocycles. The lowest BCUT2D eigenvalue weighted by molar-refractivity contribution is 1.07. The van der Waals surface area contributed by atoms with E-state index in [-0.39, 0.29) is 40.8 Å². The maximum Gasteiger partial charge on any atom is 0.164 e. The average Bonchev–Trinajstić information content (AvgIpc) is 3.95. The first-order valence-electron chi connectivity index (χ1n) is 24.0. The topological polar surface area (TPSA) is 72.3 Å². The minimum Gasteiger partial charge on any atom is -0.309 e. The summed E-state index contributed by atoms with van der Waals surface area (Å²) in [6.07, 6.45) is 0. The molecule has 0 spiro atoms. The van der Waals surface area contributed by atoms with Gasteiger partial charge in [-0.25, -0.2) is 15.0 Å². The molecule has 10 aromatic carbocycles. The molecule has 68 heavy (non-hydrogen) atoms. The highest BCUT2D eigenvalue weighted by Crippen LogP contribution is 2.43. The van der Waals surface area contributed by atoms with Crippen molar-refractivity contribution >= 4 is 54.4 Å². The van der Waals surface area contributed by atoms with Gasteiger partial charge in [0, 0.05) is 43.6 Å². The Balaban J connectivity index is 1.07. The van der Waals surface area contributed by atoms with E-state index in [9.17, 15) is 9.37 Å². The van der Waals surface area contributed by atoms with Gasteiger partial charge in [0.05, 0.1) is 43.1 Å². The lowest BCUT2D eigenvalue weighted by Crippen LogP contribution is -2.02. The van der Waals surface area contributed by atoms with Gasteiger partial charge in [0.2, 0.25) is 0 Å². The van der Waals surface area contributed by atoms with Crippen molar-refractivity contribution in [2.45, 2.75) is 0 Å². The summed E-state index contributed by atoms with van der Waals surface area (Å²) >= 11 is 0. The summed E-state index contributed by atoms with van der Waals surface area (Å²) < 4.78 is 34.1. The first-order chi connectivity index (χ1) is 34.9. The molecule has 0 radical (unpaired) electrons. The summed E-state index contributed by atoms with van der Waals surface area (Å²) in [6, 6.07) is 72.8. The standard InChI is InChI=1S/C62H38N6/c63-39-48-38-47(62-65-60(45-24-13-22-43(36-45)40-16-3-1-4-17-40)64-61(66-62)46-25-14-23-44(37-46)41-18-5-2-6-19-41)32-34-53(48)68-55-29-11-9-27-50(55)51-33-35-57-58(59(51)68)52-28-10-12-30-56(52)67(57)54-31-15-21-42-20-7-8-26-49(42)54/h1-38H/i32D,34D,38D. The van der Waals surface area contributed by atoms with Crippen LogP contribution in [0.2, 0.25) is 0 Å². The zero-order chi connectivity index (χ0) is 47.7. The largest absolute Gasteiger partial charge is 0.309 e. The van der Waals surface area contributed by atoms with Crippen LogP contribution in [-0.4, -0.2) is 24.1 Å². The summed E-state index contributed by atoms with van der Waals surface area (Å²) in [6.45, 7) is 0. The van der Waals surface area contributed by atoms with Crippen molar-refractivity contribution in [1.29, 1.82) is 5.26 Å². The van der Waals surface area contributed by atoms with Crippen molar-refractivity contribution < 1.29 is 4.11 Å². The van der Waals surface area contributed by atoms with Crippen LogP contribution in [0.1, 0.15) is 9.68 Å². The molecule has 3 heterocycles. The second-order valence-corrected chi connectivity index (χ2v) is 16.8. The van der Waals surface area contributed by atoms with Crippen LogP contribution in [-0.2, 0) is 0 Å². The van der Waals surface area contributed by atoms with E-state index in [1.54, 1.807) is 0 Å². The third-order valence-electron chi connectivity index (χ3n) is 12.9. The van der Waals surface area contributed by atoms with Gasteiger partial charge in [-0.2, -0.15) is 5.26 Å². The van der Waals surface area contributed by atoms with E-state index in [0.29, 0.717) is 22.8 Å². The van der Waals surface area contributed by atoms with Gasteiger partial charge in [0.15, 0.2) is 17.5 Å². The van der Waals surface area contributed by atoms with Gasteiger partial charge in [-0.3, -0.25) is 0 Å². The Hall–Kier alpha value is -9.44. The molecule has 0 saturated heterocycles. The summed E-state index contributed by atoms with van der Waals surface area (Å²) in [7, 11) is 0. The van der Waals surface area contributed by atoms with Crippen LogP contribution in [0, 0.1) is 11.3 Å². The molecule has 316 valence electrons. The normalized spacial score (nSPS) is 12.1. The Morgan fingerprint density at radius 2 is 0.897 bits per heavy atom. The Kier molecular flexibility index (Phi) is 8.39. The molecule has 0 unspecified atom stereocenters. The van der Waals surface area contributed by atoms with E-state index in [2.05, 4.69) is 71.3 Å². The van der Waals surface area contributed by atoms with Crippen LogP contribution >= 0.6 is 0 Å². The quantitative estimate of drug-likeness (QED) is 0.160. The lowest BCUT2D eigenvalue weighted by atomic mass is 10.0. The number of rotatable bonds is 7. The number of hydrogen-bond donors (Lipinski definition) is 0. The molecular weight excluding hydrogens is 829 g/mol. The SMILES string of the molecule is [2H]c1c([2H])c(-n2c3ccccc3c3ccc4c(c5ccccc5n4-c4cccc5ccccc45)c32)c(C#N)c([2H])c1-c1nc(-c2cccc(-c3ccccc3)c2)nc(-c2cccc(-c3ccccc3)c2)n1. The fraction of sp³-hybridized carbons (Fsp3) is 0. The second kappa shape index (κ2) is 15.9. The van der Waals surface area contributed by atoms with Crippen molar-refractivity contribution in [2.24, 2.45) is 0 Å². The molecule has 0 fully saturated rings. The van der Waals surface area contributed by atoms with Crippen molar-refractivity contribution in [3.05, 3.63) is 236 Å². The monoisotopic (exact) mass is 869 g/mol.